The summed E-state index contributed by atoms with van der Waals surface area (Å²) < 4.78 is 0. The van der Waals surface area contributed by atoms with Crippen molar-refractivity contribution < 1.29 is 4.79 Å². The molecule has 0 saturated carbocycles. The SMILES string of the molecule is C=CCNc1cc(C(=O)Nc2ccc(Cl)cc2C)ncn1. The van der Waals surface area contributed by atoms with Crippen LogP contribution in [-0.2, 0) is 0 Å². The molecule has 0 saturated heterocycles. The van der Waals surface area contributed by atoms with Gasteiger partial charge in [0.05, 0.1) is 0 Å². The van der Waals surface area contributed by atoms with Crippen LogP contribution in [-0.4, -0.2) is 22.4 Å². The van der Waals surface area contributed by atoms with Crippen molar-refractivity contribution >= 4 is 29.0 Å². The van der Waals surface area contributed by atoms with Gasteiger partial charge in [-0.3, -0.25) is 4.79 Å². The number of anilines is 2. The van der Waals surface area contributed by atoms with E-state index < -0.39 is 0 Å². The summed E-state index contributed by atoms with van der Waals surface area (Å²) in [5, 5.41) is 6.44. The molecule has 0 spiro atoms. The van der Waals surface area contributed by atoms with Crippen LogP contribution < -0.4 is 10.6 Å². The fourth-order valence-electron chi connectivity index (χ4n) is 1.71. The molecule has 21 heavy (non-hydrogen) atoms. The maximum Gasteiger partial charge on any atom is 0.274 e. The lowest BCUT2D eigenvalue weighted by Gasteiger charge is -2.09. The minimum Gasteiger partial charge on any atom is -0.366 e. The van der Waals surface area contributed by atoms with Crippen LogP contribution in [0.25, 0.3) is 0 Å². The quantitative estimate of drug-likeness (QED) is 0.832. The Morgan fingerprint density at radius 2 is 2.19 bits per heavy atom. The number of benzene rings is 1. The molecule has 1 aromatic heterocycles. The number of amides is 1. The van der Waals surface area contributed by atoms with Gasteiger partial charge in [0, 0.05) is 23.3 Å². The van der Waals surface area contributed by atoms with Crippen LogP contribution in [0.15, 0.2) is 43.2 Å². The van der Waals surface area contributed by atoms with E-state index in [1.165, 1.54) is 6.33 Å². The van der Waals surface area contributed by atoms with E-state index in [1.54, 1.807) is 30.3 Å². The fraction of sp³-hybridized carbons (Fsp3) is 0.133. The Kier molecular flexibility index (Phi) is 4.90. The molecule has 0 aliphatic carbocycles. The molecule has 2 N–H and O–H groups in total. The molecule has 2 aromatic rings. The Labute approximate surface area is 128 Å². The first-order valence-corrected chi connectivity index (χ1v) is 6.72. The number of hydrogen-bond acceptors (Lipinski definition) is 4. The molecule has 5 nitrogen and oxygen atoms in total. The van der Waals surface area contributed by atoms with E-state index in [1.807, 2.05) is 6.92 Å². The van der Waals surface area contributed by atoms with Crippen molar-refractivity contribution in [3.05, 3.63) is 59.5 Å². The summed E-state index contributed by atoms with van der Waals surface area (Å²) in [4.78, 5) is 20.2. The van der Waals surface area contributed by atoms with Gasteiger partial charge in [0.2, 0.25) is 0 Å². The Morgan fingerprint density at radius 3 is 2.90 bits per heavy atom. The average Bonchev–Trinajstić information content (AvgIpc) is 2.48. The summed E-state index contributed by atoms with van der Waals surface area (Å²) in [7, 11) is 0. The number of aryl methyl sites for hydroxylation is 1. The first-order valence-electron chi connectivity index (χ1n) is 6.34. The number of carbonyl (C=O) groups is 1. The zero-order valence-electron chi connectivity index (χ0n) is 11.6. The van der Waals surface area contributed by atoms with E-state index >= 15 is 0 Å². The van der Waals surface area contributed by atoms with Crippen molar-refractivity contribution in [2.24, 2.45) is 0 Å². The Bertz CT molecular complexity index is 672. The van der Waals surface area contributed by atoms with Gasteiger partial charge in [0.15, 0.2) is 0 Å². The standard InChI is InChI=1S/C15H15ClN4O/c1-3-6-17-14-8-13(18-9-19-14)15(21)20-12-5-4-11(16)7-10(12)2/h3-5,7-9H,1,6H2,2H3,(H,20,21)(H,17,18,19). The topological polar surface area (TPSA) is 66.9 Å². The highest BCUT2D eigenvalue weighted by Crippen LogP contribution is 2.20. The number of nitrogens with zero attached hydrogens (tertiary/aromatic N) is 2. The van der Waals surface area contributed by atoms with Crippen molar-refractivity contribution in [1.82, 2.24) is 9.97 Å². The number of halogens is 1. The zero-order chi connectivity index (χ0) is 15.2. The van der Waals surface area contributed by atoms with Crippen molar-refractivity contribution in [2.75, 3.05) is 17.2 Å². The third-order valence-electron chi connectivity index (χ3n) is 2.76. The second-order valence-corrected chi connectivity index (χ2v) is 4.81. The first-order chi connectivity index (χ1) is 10.1. The molecule has 0 unspecified atom stereocenters. The maximum atomic E-state index is 12.2. The molecule has 1 heterocycles. The van der Waals surface area contributed by atoms with Crippen LogP contribution in [0.4, 0.5) is 11.5 Å². The second kappa shape index (κ2) is 6.85. The molecule has 6 heteroatoms. The van der Waals surface area contributed by atoms with Crippen LogP contribution in [0.5, 0.6) is 0 Å². The van der Waals surface area contributed by atoms with E-state index in [-0.39, 0.29) is 11.6 Å². The summed E-state index contributed by atoms with van der Waals surface area (Å²) in [5.41, 5.74) is 1.87. The van der Waals surface area contributed by atoms with Crippen LogP contribution in [0.1, 0.15) is 16.1 Å². The summed E-state index contributed by atoms with van der Waals surface area (Å²) in [6, 6.07) is 6.85. The molecule has 2 rings (SSSR count). The van der Waals surface area contributed by atoms with Crippen molar-refractivity contribution in [3.63, 3.8) is 0 Å². The lowest BCUT2D eigenvalue weighted by atomic mass is 10.2. The minimum absolute atomic E-state index is 0.283. The molecule has 0 fully saturated rings. The van der Waals surface area contributed by atoms with Crippen molar-refractivity contribution in [1.29, 1.82) is 0 Å². The van der Waals surface area contributed by atoms with Gasteiger partial charge in [-0.15, -0.1) is 6.58 Å². The minimum atomic E-state index is -0.301. The number of carbonyl (C=O) groups excluding carboxylic acids is 1. The van der Waals surface area contributed by atoms with Gasteiger partial charge < -0.3 is 10.6 Å². The van der Waals surface area contributed by atoms with E-state index in [0.29, 0.717) is 23.1 Å². The van der Waals surface area contributed by atoms with E-state index in [4.69, 9.17) is 11.6 Å². The molecule has 0 radical (unpaired) electrons. The summed E-state index contributed by atoms with van der Waals surface area (Å²) in [5.74, 6) is 0.271. The highest BCUT2D eigenvalue weighted by molar-refractivity contribution is 6.30. The van der Waals surface area contributed by atoms with Gasteiger partial charge in [-0.25, -0.2) is 9.97 Å². The van der Waals surface area contributed by atoms with Gasteiger partial charge in [0.1, 0.15) is 17.8 Å². The van der Waals surface area contributed by atoms with Crippen molar-refractivity contribution in [2.45, 2.75) is 6.92 Å². The molecule has 0 atom stereocenters. The highest BCUT2D eigenvalue weighted by atomic mass is 35.5. The first kappa shape index (κ1) is 15.0. The highest BCUT2D eigenvalue weighted by Gasteiger charge is 2.10. The smallest absolute Gasteiger partial charge is 0.274 e. The summed E-state index contributed by atoms with van der Waals surface area (Å²) in [6.07, 6.45) is 3.05. The van der Waals surface area contributed by atoms with Gasteiger partial charge in [-0.1, -0.05) is 17.7 Å². The Morgan fingerprint density at radius 1 is 1.38 bits per heavy atom. The maximum absolute atomic E-state index is 12.2. The second-order valence-electron chi connectivity index (χ2n) is 4.37. The van der Waals surface area contributed by atoms with E-state index in [2.05, 4.69) is 27.2 Å². The van der Waals surface area contributed by atoms with E-state index in [0.717, 1.165) is 5.56 Å². The number of nitrogens with one attached hydrogen (secondary N) is 2. The largest absolute Gasteiger partial charge is 0.366 e. The van der Waals surface area contributed by atoms with E-state index in [9.17, 15) is 4.79 Å². The van der Waals surface area contributed by atoms with Gasteiger partial charge in [-0.05, 0) is 30.7 Å². The third-order valence-corrected chi connectivity index (χ3v) is 3.00. The van der Waals surface area contributed by atoms with Crippen molar-refractivity contribution in [3.8, 4) is 0 Å². The molecular weight excluding hydrogens is 288 g/mol. The lowest BCUT2D eigenvalue weighted by molar-refractivity contribution is 0.102. The monoisotopic (exact) mass is 302 g/mol. The fourth-order valence-corrected chi connectivity index (χ4v) is 1.94. The molecule has 0 bridgehead atoms. The predicted molar refractivity (Wildman–Crippen MR) is 84.9 cm³/mol. The lowest BCUT2D eigenvalue weighted by Crippen LogP contribution is -2.15. The molecule has 1 aromatic carbocycles. The van der Waals surface area contributed by atoms with Crippen LogP contribution >= 0.6 is 11.6 Å². The molecular formula is C15H15ClN4O. The Balaban J connectivity index is 2.14. The molecule has 0 aliphatic heterocycles. The summed E-state index contributed by atoms with van der Waals surface area (Å²) in [6.45, 7) is 6.05. The van der Waals surface area contributed by atoms with Crippen LogP contribution in [0.2, 0.25) is 5.02 Å². The average molecular weight is 303 g/mol. The predicted octanol–water partition coefficient (Wildman–Crippen LogP) is 3.29. The molecule has 0 aliphatic rings. The summed E-state index contributed by atoms with van der Waals surface area (Å²) >= 11 is 5.89. The number of hydrogen-bond donors (Lipinski definition) is 2. The Hall–Kier alpha value is -2.40. The normalized spacial score (nSPS) is 10.0. The van der Waals surface area contributed by atoms with Gasteiger partial charge in [0.25, 0.3) is 5.91 Å². The van der Waals surface area contributed by atoms with Gasteiger partial charge >= 0.3 is 0 Å². The van der Waals surface area contributed by atoms with Crippen LogP contribution in [0, 0.1) is 6.92 Å². The molecule has 1 amide bonds. The number of aromatic nitrogens is 2. The zero-order valence-corrected chi connectivity index (χ0v) is 12.3. The number of rotatable bonds is 5. The van der Waals surface area contributed by atoms with Crippen LogP contribution in [0.3, 0.4) is 0 Å². The third kappa shape index (κ3) is 4.03. The molecule has 108 valence electrons. The van der Waals surface area contributed by atoms with Gasteiger partial charge in [-0.2, -0.15) is 0 Å².